The number of aliphatic hydroxyl groups is 1. The molecule has 2 N–H and O–H groups in total. The number of aromatic nitrogens is 1. The van der Waals surface area contributed by atoms with Crippen molar-refractivity contribution in [1.29, 1.82) is 0 Å². The summed E-state index contributed by atoms with van der Waals surface area (Å²) in [6, 6.07) is 9.23. The number of benzene rings is 2. The molecular formula is C21H14F3NO5. The van der Waals surface area contributed by atoms with E-state index in [-0.39, 0.29) is 35.4 Å². The number of alkyl halides is 3. The summed E-state index contributed by atoms with van der Waals surface area (Å²) in [6.07, 6.45) is -2.98. The zero-order valence-corrected chi connectivity index (χ0v) is 15.2. The van der Waals surface area contributed by atoms with Crippen molar-refractivity contribution in [2.24, 2.45) is 0 Å². The van der Waals surface area contributed by atoms with Gasteiger partial charge in [0.25, 0.3) is 5.78 Å². The average Bonchev–Trinajstić information content (AvgIpc) is 3.23. The Balaban J connectivity index is 1.79. The topological polar surface area (TPSA) is 88.8 Å². The van der Waals surface area contributed by atoms with Gasteiger partial charge >= 0.3 is 12.1 Å². The van der Waals surface area contributed by atoms with E-state index in [9.17, 15) is 33.0 Å². The number of hydrogen-bond acceptors (Lipinski definition) is 5. The van der Waals surface area contributed by atoms with Gasteiger partial charge in [0.2, 0.25) is 0 Å². The van der Waals surface area contributed by atoms with Crippen molar-refractivity contribution in [1.82, 2.24) is 4.57 Å². The summed E-state index contributed by atoms with van der Waals surface area (Å²) in [5.41, 5.74) is 0.148. The Morgan fingerprint density at radius 2 is 1.80 bits per heavy atom. The van der Waals surface area contributed by atoms with Crippen molar-refractivity contribution < 1.29 is 37.7 Å². The number of rotatable bonds is 3. The molecule has 1 fully saturated rings. The molecule has 1 saturated heterocycles. The van der Waals surface area contributed by atoms with Gasteiger partial charge in [0, 0.05) is 18.3 Å². The minimum absolute atomic E-state index is 0.108. The number of halogens is 3. The van der Waals surface area contributed by atoms with E-state index < -0.39 is 29.3 Å². The number of ketones is 1. The summed E-state index contributed by atoms with van der Waals surface area (Å²) in [6.45, 7) is -0.243. The van der Waals surface area contributed by atoms with Gasteiger partial charge in [-0.3, -0.25) is 4.79 Å². The van der Waals surface area contributed by atoms with Gasteiger partial charge in [0.15, 0.2) is 0 Å². The normalized spacial score (nSPS) is 16.2. The highest BCUT2D eigenvalue weighted by Crippen LogP contribution is 2.36. The Kier molecular flexibility index (Phi) is 4.53. The third-order valence-electron chi connectivity index (χ3n) is 4.87. The first kappa shape index (κ1) is 19.6. The molecule has 3 aromatic rings. The van der Waals surface area contributed by atoms with Crippen molar-refractivity contribution in [2.75, 3.05) is 6.61 Å². The summed E-state index contributed by atoms with van der Waals surface area (Å²) < 4.78 is 44.6. The first-order chi connectivity index (χ1) is 14.2. The number of carbonyl (C=O) groups excluding carboxylic acids is 2. The van der Waals surface area contributed by atoms with Crippen LogP contribution in [0.2, 0.25) is 0 Å². The Labute approximate surface area is 167 Å². The molecule has 0 aliphatic carbocycles. The van der Waals surface area contributed by atoms with Gasteiger partial charge < -0.3 is 19.5 Å². The summed E-state index contributed by atoms with van der Waals surface area (Å²) in [5.74, 6) is -2.71. The number of carbonyl (C=O) groups is 2. The van der Waals surface area contributed by atoms with Crippen molar-refractivity contribution in [3.05, 3.63) is 70.9 Å². The van der Waals surface area contributed by atoms with E-state index in [4.69, 9.17) is 0 Å². The second-order valence-electron chi connectivity index (χ2n) is 6.77. The zero-order chi connectivity index (χ0) is 21.6. The summed E-state index contributed by atoms with van der Waals surface area (Å²) in [4.78, 5) is 23.2. The van der Waals surface area contributed by atoms with Gasteiger partial charge in [-0.1, -0.05) is 18.2 Å². The Bertz CT molecular complexity index is 1210. The third-order valence-corrected chi connectivity index (χ3v) is 4.87. The van der Waals surface area contributed by atoms with Gasteiger partial charge in [0.1, 0.15) is 18.1 Å². The first-order valence-corrected chi connectivity index (χ1v) is 8.77. The number of Topliss-reactive ketones (excluding diaryl/α,β-unsaturated/α-hetero) is 1. The van der Waals surface area contributed by atoms with Gasteiger partial charge in [-0.25, -0.2) is 4.79 Å². The number of aliphatic hydroxyl groups excluding tert-OH is 1. The maximum absolute atomic E-state index is 12.8. The van der Waals surface area contributed by atoms with Crippen molar-refractivity contribution >= 4 is 28.4 Å². The third kappa shape index (κ3) is 3.28. The van der Waals surface area contributed by atoms with Crippen molar-refractivity contribution in [3.63, 3.8) is 0 Å². The fourth-order valence-electron chi connectivity index (χ4n) is 3.37. The lowest BCUT2D eigenvalue weighted by molar-refractivity contribution is -0.146. The number of cyclic esters (lactones) is 1. The van der Waals surface area contributed by atoms with Crippen LogP contribution in [-0.2, 0) is 27.0 Å². The highest BCUT2D eigenvalue weighted by atomic mass is 19.4. The molecule has 0 amide bonds. The van der Waals surface area contributed by atoms with Crippen LogP contribution >= 0.6 is 0 Å². The first-order valence-electron chi connectivity index (χ1n) is 8.77. The van der Waals surface area contributed by atoms with Gasteiger partial charge in [-0.2, -0.15) is 13.2 Å². The molecule has 2 aromatic carbocycles. The van der Waals surface area contributed by atoms with Crippen molar-refractivity contribution in [2.45, 2.75) is 12.7 Å². The summed E-state index contributed by atoms with van der Waals surface area (Å²) in [5, 5.41) is 21.2. The average molecular weight is 417 g/mol. The predicted octanol–water partition coefficient (Wildman–Crippen LogP) is 3.81. The van der Waals surface area contributed by atoms with E-state index in [0.717, 1.165) is 12.1 Å². The second-order valence-corrected chi connectivity index (χ2v) is 6.77. The van der Waals surface area contributed by atoms with E-state index in [1.165, 1.54) is 24.4 Å². The molecule has 1 aliphatic heterocycles. The molecule has 0 atom stereocenters. The molecule has 4 rings (SSSR count). The number of nitrogens with zero attached hydrogens (tertiary/aromatic N) is 1. The van der Waals surface area contributed by atoms with Gasteiger partial charge in [-0.15, -0.1) is 0 Å². The maximum atomic E-state index is 12.8. The Morgan fingerprint density at radius 1 is 1.10 bits per heavy atom. The van der Waals surface area contributed by atoms with Crippen LogP contribution in [0.3, 0.4) is 0 Å². The number of phenols is 1. The molecule has 1 aromatic heterocycles. The SMILES string of the molecule is O=C1OCC(=C(O)c2cn(Cc3ccc(C(F)(F)F)cc3)c3cccc(O)c23)C1=O. The van der Waals surface area contributed by atoms with E-state index in [2.05, 4.69) is 4.74 Å². The largest absolute Gasteiger partial charge is 0.507 e. The van der Waals surface area contributed by atoms with E-state index in [1.54, 1.807) is 16.7 Å². The number of aromatic hydroxyl groups is 1. The zero-order valence-electron chi connectivity index (χ0n) is 15.2. The van der Waals surface area contributed by atoms with E-state index in [1.807, 2.05) is 0 Å². The van der Waals surface area contributed by atoms with Crippen LogP contribution in [0.5, 0.6) is 5.75 Å². The fraction of sp³-hybridized carbons (Fsp3) is 0.143. The van der Waals surface area contributed by atoms with Gasteiger partial charge in [-0.05, 0) is 29.8 Å². The summed E-state index contributed by atoms with van der Waals surface area (Å²) in [7, 11) is 0. The van der Waals surface area contributed by atoms with Crippen LogP contribution in [-0.4, -0.2) is 33.1 Å². The van der Waals surface area contributed by atoms with Crippen LogP contribution in [0.15, 0.2) is 54.2 Å². The molecule has 0 radical (unpaired) electrons. The monoisotopic (exact) mass is 417 g/mol. The molecule has 1 aliphatic rings. The molecule has 6 nitrogen and oxygen atoms in total. The lowest BCUT2D eigenvalue weighted by Gasteiger charge is -2.09. The number of ether oxygens (including phenoxy) is 1. The number of phenolic OH excluding ortho intramolecular Hbond substituents is 1. The molecule has 9 heteroatoms. The standard InChI is InChI=1S/C21H14F3NO5/c22-21(23,24)12-6-4-11(5-7-12)8-25-9-13(17-15(25)2-1-3-16(17)26)18(27)14-10-30-20(29)19(14)28/h1-7,9,26-27H,8,10H2. The number of hydrogen-bond donors (Lipinski definition) is 2. The smallest absolute Gasteiger partial charge is 0.416 e. The van der Waals surface area contributed by atoms with Crippen molar-refractivity contribution in [3.8, 4) is 5.75 Å². The quantitative estimate of drug-likeness (QED) is 0.293. The van der Waals surface area contributed by atoms with Crippen LogP contribution in [0.25, 0.3) is 16.7 Å². The maximum Gasteiger partial charge on any atom is 0.416 e. The lowest BCUT2D eigenvalue weighted by Crippen LogP contribution is -2.08. The molecule has 0 unspecified atom stereocenters. The molecule has 0 saturated carbocycles. The van der Waals surface area contributed by atoms with Gasteiger partial charge in [0.05, 0.1) is 22.0 Å². The molecule has 154 valence electrons. The van der Waals surface area contributed by atoms with Crippen LogP contribution in [0, 0.1) is 0 Å². The minimum atomic E-state index is -4.44. The van der Waals surface area contributed by atoms with Crippen LogP contribution in [0.1, 0.15) is 16.7 Å². The summed E-state index contributed by atoms with van der Waals surface area (Å²) >= 11 is 0. The van der Waals surface area contributed by atoms with Crippen LogP contribution in [0.4, 0.5) is 13.2 Å². The number of esters is 1. The molecule has 0 spiro atoms. The molecular weight excluding hydrogens is 403 g/mol. The lowest BCUT2D eigenvalue weighted by atomic mass is 10.1. The fourth-order valence-corrected chi connectivity index (χ4v) is 3.37. The number of fused-ring (bicyclic) bond motifs is 1. The highest BCUT2D eigenvalue weighted by molar-refractivity contribution is 6.43. The van der Waals surface area contributed by atoms with E-state index >= 15 is 0 Å². The molecule has 2 heterocycles. The highest BCUT2D eigenvalue weighted by Gasteiger charge is 2.33. The van der Waals surface area contributed by atoms with E-state index in [0.29, 0.717) is 11.1 Å². The molecule has 30 heavy (non-hydrogen) atoms. The second kappa shape index (κ2) is 6.94. The Morgan fingerprint density at radius 3 is 2.40 bits per heavy atom. The Hall–Kier alpha value is -3.75. The van der Waals surface area contributed by atoms with Crippen LogP contribution < -0.4 is 0 Å². The predicted molar refractivity (Wildman–Crippen MR) is 99.7 cm³/mol. The minimum Gasteiger partial charge on any atom is -0.507 e. The molecule has 0 bridgehead atoms.